The Morgan fingerprint density at radius 1 is 1.39 bits per heavy atom. The lowest BCUT2D eigenvalue weighted by molar-refractivity contribution is 0.587. The molecule has 4 heteroatoms. The number of hydrogen-bond donors (Lipinski definition) is 1. The number of halogens is 1. The topological polar surface area (TPSA) is 29.9 Å². The van der Waals surface area contributed by atoms with E-state index in [0.29, 0.717) is 6.04 Å². The van der Waals surface area contributed by atoms with Crippen molar-refractivity contribution in [2.75, 3.05) is 0 Å². The second kappa shape index (κ2) is 5.55. The predicted octanol–water partition coefficient (Wildman–Crippen LogP) is 3.33. The van der Waals surface area contributed by atoms with Gasteiger partial charge in [-0.2, -0.15) is 0 Å². The van der Waals surface area contributed by atoms with E-state index in [-0.39, 0.29) is 0 Å². The Bertz CT molecular complexity index is 532. The van der Waals surface area contributed by atoms with E-state index >= 15 is 0 Å². The monoisotopic (exact) mass is 263 g/mol. The lowest BCUT2D eigenvalue weighted by Gasteiger charge is -2.14. The summed E-state index contributed by atoms with van der Waals surface area (Å²) in [5.41, 5.74) is 2.31. The highest BCUT2D eigenvalue weighted by Gasteiger charge is 2.08. The summed E-state index contributed by atoms with van der Waals surface area (Å²) < 4.78 is 2.08. The zero-order chi connectivity index (χ0) is 13.1. The Labute approximate surface area is 113 Å². The molecule has 0 spiro atoms. The fourth-order valence-corrected chi connectivity index (χ4v) is 2.07. The predicted molar refractivity (Wildman–Crippen MR) is 75.3 cm³/mol. The van der Waals surface area contributed by atoms with Crippen LogP contribution >= 0.6 is 11.6 Å². The number of nitrogens with zero attached hydrogens (tertiary/aromatic N) is 2. The second-order valence-corrected chi connectivity index (χ2v) is 5.09. The van der Waals surface area contributed by atoms with Crippen LogP contribution in [0.15, 0.2) is 30.6 Å². The molecular formula is C14H18ClN3. The molecule has 0 bridgehead atoms. The van der Waals surface area contributed by atoms with Crippen LogP contribution in [-0.4, -0.2) is 15.6 Å². The fourth-order valence-electron chi connectivity index (χ4n) is 1.88. The zero-order valence-electron chi connectivity index (χ0n) is 10.9. The molecule has 0 saturated heterocycles. The minimum Gasteiger partial charge on any atom is -0.310 e. The molecule has 0 aliphatic rings. The highest BCUT2D eigenvalue weighted by Crippen LogP contribution is 2.21. The van der Waals surface area contributed by atoms with Crippen LogP contribution < -0.4 is 5.32 Å². The molecule has 1 heterocycles. The Kier molecular flexibility index (Phi) is 4.04. The highest BCUT2D eigenvalue weighted by atomic mass is 35.5. The van der Waals surface area contributed by atoms with Gasteiger partial charge in [0.15, 0.2) is 0 Å². The Hall–Kier alpha value is -1.32. The Balaban J connectivity index is 2.37. The van der Waals surface area contributed by atoms with E-state index in [1.54, 1.807) is 0 Å². The van der Waals surface area contributed by atoms with E-state index in [1.807, 2.05) is 37.5 Å². The van der Waals surface area contributed by atoms with E-state index < -0.39 is 0 Å². The molecule has 0 radical (unpaired) electrons. The summed E-state index contributed by atoms with van der Waals surface area (Å²) in [6.07, 6.45) is 3.78. The summed E-state index contributed by atoms with van der Waals surface area (Å²) in [4.78, 5) is 4.26. The van der Waals surface area contributed by atoms with Gasteiger partial charge >= 0.3 is 0 Å². The molecule has 0 amide bonds. The molecule has 1 N–H and O–H groups in total. The lowest BCUT2D eigenvalue weighted by Crippen LogP contribution is -2.22. The number of nitrogens with one attached hydrogen (secondary N) is 1. The van der Waals surface area contributed by atoms with Crippen LogP contribution in [0.2, 0.25) is 5.02 Å². The smallest absolute Gasteiger partial charge is 0.110 e. The molecule has 96 valence electrons. The fraction of sp³-hybridized carbons (Fsp3) is 0.357. The maximum absolute atomic E-state index is 6.08. The number of aryl methyl sites for hydroxylation is 1. The summed E-state index contributed by atoms with van der Waals surface area (Å²) in [7, 11) is 0. The van der Waals surface area contributed by atoms with Gasteiger partial charge in [0.1, 0.15) is 5.82 Å². The van der Waals surface area contributed by atoms with Crippen LogP contribution in [0.3, 0.4) is 0 Å². The van der Waals surface area contributed by atoms with Gasteiger partial charge in [-0.05, 0) is 30.7 Å². The summed E-state index contributed by atoms with van der Waals surface area (Å²) in [5.74, 6) is 0.975. The SMILES string of the molecule is Cc1nccn1-c1ccc(Cl)cc1CNC(C)C. The summed E-state index contributed by atoms with van der Waals surface area (Å²) in [5, 5.41) is 4.18. The van der Waals surface area contributed by atoms with E-state index in [0.717, 1.165) is 23.1 Å². The third-order valence-corrected chi connectivity index (χ3v) is 3.06. The molecule has 0 aliphatic carbocycles. The standard InChI is InChI=1S/C14H18ClN3/c1-10(2)17-9-12-8-13(15)4-5-14(12)18-7-6-16-11(18)3/h4-8,10,17H,9H2,1-3H3. The maximum atomic E-state index is 6.08. The summed E-state index contributed by atoms with van der Waals surface area (Å²) >= 11 is 6.08. The van der Waals surface area contributed by atoms with Crippen LogP contribution in [0.4, 0.5) is 0 Å². The van der Waals surface area contributed by atoms with Crippen LogP contribution in [0.5, 0.6) is 0 Å². The molecule has 0 saturated carbocycles. The molecule has 2 rings (SSSR count). The summed E-state index contributed by atoms with van der Waals surface area (Å²) in [6.45, 7) is 7.05. The van der Waals surface area contributed by atoms with Gasteiger partial charge in [0.2, 0.25) is 0 Å². The maximum Gasteiger partial charge on any atom is 0.110 e. The van der Waals surface area contributed by atoms with Gasteiger partial charge in [0, 0.05) is 30.0 Å². The van der Waals surface area contributed by atoms with Crippen molar-refractivity contribution in [1.29, 1.82) is 0 Å². The van der Waals surface area contributed by atoms with Gasteiger partial charge in [-0.1, -0.05) is 25.4 Å². The normalized spacial score (nSPS) is 11.2. The number of hydrogen-bond acceptors (Lipinski definition) is 2. The first kappa shape index (κ1) is 13.1. The van der Waals surface area contributed by atoms with Crippen molar-refractivity contribution in [3.63, 3.8) is 0 Å². The van der Waals surface area contributed by atoms with E-state index in [4.69, 9.17) is 11.6 Å². The molecule has 1 aromatic heterocycles. The molecule has 1 aromatic carbocycles. The number of benzene rings is 1. The van der Waals surface area contributed by atoms with Crippen molar-refractivity contribution in [3.05, 3.63) is 47.0 Å². The first-order valence-electron chi connectivity index (χ1n) is 6.10. The molecule has 0 fully saturated rings. The Morgan fingerprint density at radius 2 is 2.17 bits per heavy atom. The minimum atomic E-state index is 0.445. The molecule has 0 atom stereocenters. The average molecular weight is 264 g/mol. The first-order chi connectivity index (χ1) is 8.58. The van der Waals surface area contributed by atoms with Gasteiger partial charge in [-0.25, -0.2) is 4.98 Å². The van der Waals surface area contributed by atoms with Crippen molar-refractivity contribution >= 4 is 11.6 Å². The van der Waals surface area contributed by atoms with Crippen LogP contribution in [-0.2, 0) is 6.54 Å². The second-order valence-electron chi connectivity index (χ2n) is 4.65. The van der Waals surface area contributed by atoms with Crippen molar-refractivity contribution in [3.8, 4) is 5.69 Å². The van der Waals surface area contributed by atoms with Crippen LogP contribution in [0.25, 0.3) is 5.69 Å². The molecule has 2 aromatic rings. The van der Waals surface area contributed by atoms with Gasteiger partial charge in [-0.3, -0.25) is 0 Å². The number of aromatic nitrogens is 2. The van der Waals surface area contributed by atoms with Crippen LogP contribution in [0.1, 0.15) is 25.2 Å². The minimum absolute atomic E-state index is 0.445. The molecular weight excluding hydrogens is 246 g/mol. The van der Waals surface area contributed by atoms with Crippen molar-refractivity contribution in [1.82, 2.24) is 14.9 Å². The van der Waals surface area contributed by atoms with Gasteiger partial charge in [-0.15, -0.1) is 0 Å². The number of imidazole rings is 1. The molecule has 3 nitrogen and oxygen atoms in total. The highest BCUT2D eigenvalue weighted by molar-refractivity contribution is 6.30. The quantitative estimate of drug-likeness (QED) is 0.917. The van der Waals surface area contributed by atoms with E-state index in [9.17, 15) is 0 Å². The largest absolute Gasteiger partial charge is 0.310 e. The van der Waals surface area contributed by atoms with Crippen molar-refractivity contribution in [2.45, 2.75) is 33.4 Å². The summed E-state index contributed by atoms with van der Waals surface area (Å²) in [6, 6.07) is 6.40. The molecule has 18 heavy (non-hydrogen) atoms. The van der Waals surface area contributed by atoms with Gasteiger partial charge in [0.25, 0.3) is 0 Å². The molecule has 0 unspecified atom stereocenters. The first-order valence-corrected chi connectivity index (χ1v) is 6.48. The molecule has 0 aliphatic heterocycles. The average Bonchev–Trinajstić information content (AvgIpc) is 2.73. The third kappa shape index (κ3) is 2.92. The number of rotatable bonds is 4. The van der Waals surface area contributed by atoms with Crippen LogP contribution in [0, 0.1) is 6.92 Å². The third-order valence-electron chi connectivity index (χ3n) is 2.83. The van der Waals surface area contributed by atoms with Crippen molar-refractivity contribution < 1.29 is 0 Å². The van der Waals surface area contributed by atoms with E-state index in [1.165, 1.54) is 5.56 Å². The van der Waals surface area contributed by atoms with Gasteiger partial charge in [0.05, 0.1) is 5.69 Å². The lowest BCUT2D eigenvalue weighted by atomic mass is 10.1. The van der Waals surface area contributed by atoms with E-state index in [2.05, 4.69) is 28.7 Å². The van der Waals surface area contributed by atoms with Gasteiger partial charge < -0.3 is 9.88 Å². The Morgan fingerprint density at radius 3 is 2.78 bits per heavy atom. The van der Waals surface area contributed by atoms with Crippen molar-refractivity contribution in [2.24, 2.45) is 0 Å². The zero-order valence-corrected chi connectivity index (χ0v) is 11.7.